The number of amides is 2. The molecule has 39 heavy (non-hydrogen) atoms. The number of methoxy groups -OCH3 is 1. The highest BCUT2D eigenvalue weighted by Crippen LogP contribution is 2.29. The Morgan fingerprint density at radius 3 is 2.41 bits per heavy atom. The molecule has 2 aromatic carbocycles. The summed E-state index contributed by atoms with van der Waals surface area (Å²) in [6, 6.07) is 14.0. The lowest BCUT2D eigenvalue weighted by molar-refractivity contribution is -0.135. The molecule has 5 rings (SSSR count). The minimum Gasteiger partial charge on any atom is -0.453 e. The Balaban J connectivity index is 1.28. The predicted octanol–water partition coefficient (Wildman–Crippen LogP) is 3.12. The summed E-state index contributed by atoms with van der Waals surface area (Å²) in [4.78, 5) is 33.5. The second kappa shape index (κ2) is 11.0. The van der Waals surface area contributed by atoms with E-state index in [1.54, 1.807) is 47.6 Å². The van der Waals surface area contributed by atoms with E-state index in [1.165, 1.54) is 17.5 Å². The van der Waals surface area contributed by atoms with Gasteiger partial charge in [-0.3, -0.25) is 9.78 Å². The van der Waals surface area contributed by atoms with Crippen molar-refractivity contribution >= 4 is 50.1 Å². The molecule has 2 aliphatic rings. The van der Waals surface area contributed by atoms with Gasteiger partial charge >= 0.3 is 6.09 Å². The molecule has 1 aromatic heterocycles. The molecule has 0 spiro atoms. The average Bonchev–Trinajstić information content (AvgIpc) is 2.94. The van der Waals surface area contributed by atoms with Crippen molar-refractivity contribution in [3.05, 3.63) is 65.9 Å². The van der Waals surface area contributed by atoms with Gasteiger partial charge in [-0.15, -0.1) is 0 Å². The monoisotopic (exact) mass is 571 g/mol. The van der Waals surface area contributed by atoms with Crippen molar-refractivity contribution in [2.75, 3.05) is 51.3 Å². The Morgan fingerprint density at radius 2 is 1.72 bits per heavy atom. The molecule has 3 aromatic rings. The highest BCUT2D eigenvalue weighted by atomic mass is 35.5. The number of ether oxygens (including phenoxy) is 1. The molecule has 10 nitrogen and oxygen atoms in total. The molecule has 0 aliphatic carbocycles. The van der Waals surface area contributed by atoms with Gasteiger partial charge in [0.1, 0.15) is 0 Å². The van der Waals surface area contributed by atoms with E-state index in [2.05, 4.69) is 15.2 Å². The molecule has 3 heterocycles. The third-order valence-electron chi connectivity index (χ3n) is 7.49. The zero-order valence-corrected chi connectivity index (χ0v) is 23.1. The van der Waals surface area contributed by atoms with Gasteiger partial charge in [-0.1, -0.05) is 23.7 Å². The third kappa shape index (κ3) is 5.80. The van der Waals surface area contributed by atoms with E-state index in [4.69, 9.17) is 16.3 Å². The van der Waals surface area contributed by atoms with Crippen LogP contribution < -0.4 is 10.2 Å². The number of hydrogen-bond donors (Lipinski definition) is 1. The minimum absolute atomic E-state index is 0.130. The van der Waals surface area contributed by atoms with Crippen molar-refractivity contribution in [3.8, 4) is 0 Å². The fourth-order valence-electron chi connectivity index (χ4n) is 5.27. The van der Waals surface area contributed by atoms with Gasteiger partial charge in [-0.05, 0) is 60.0 Å². The second-order valence-corrected chi connectivity index (χ2v) is 12.3. The first-order chi connectivity index (χ1) is 18.7. The van der Waals surface area contributed by atoms with Crippen LogP contribution in [0.5, 0.6) is 0 Å². The van der Waals surface area contributed by atoms with Gasteiger partial charge in [0.2, 0.25) is 15.9 Å². The van der Waals surface area contributed by atoms with E-state index in [0.29, 0.717) is 31.0 Å². The summed E-state index contributed by atoms with van der Waals surface area (Å²) >= 11 is 6.05. The first kappa shape index (κ1) is 27.2. The number of alkyl carbamates (subject to hydrolysis) is 1. The number of halogens is 1. The van der Waals surface area contributed by atoms with Gasteiger partial charge < -0.3 is 19.9 Å². The molecule has 1 N–H and O–H groups in total. The molecule has 12 heteroatoms. The van der Waals surface area contributed by atoms with Crippen LogP contribution in [-0.2, 0) is 19.6 Å². The Kier molecular flexibility index (Phi) is 7.66. The summed E-state index contributed by atoms with van der Waals surface area (Å²) in [5.41, 5.74) is 0.357. The smallest absolute Gasteiger partial charge is 0.407 e. The molecule has 0 unspecified atom stereocenters. The van der Waals surface area contributed by atoms with Crippen LogP contribution in [0.15, 0.2) is 65.8 Å². The van der Waals surface area contributed by atoms with Crippen LogP contribution >= 0.6 is 11.6 Å². The normalized spacial score (nSPS) is 18.3. The number of pyridine rings is 1. The number of nitrogens with zero attached hydrogens (tertiary/aromatic N) is 4. The lowest BCUT2D eigenvalue weighted by Gasteiger charge is -2.46. The molecule has 2 aliphatic heterocycles. The van der Waals surface area contributed by atoms with Crippen LogP contribution in [-0.4, -0.2) is 86.5 Å². The van der Waals surface area contributed by atoms with Crippen molar-refractivity contribution in [2.24, 2.45) is 0 Å². The first-order valence-corrected chi connectivity index (χ1v) is 14.5. The molecule has 206 valence electrons. The number of piperidine rings is 1. The molecule has 0 radical (unpaired) electrons. The average molecular weight is 572 g/mol. The summed E-state index contributed by atoms with van der Waals surface area (Å²) in [5, 5.41) is 5.13. The number of carbonyl (C=O) groups is 2. The number of benzene rings is 2. The van der Waals surface area contributed by atoms with Gasteiger partial charge in [-0.2, -0.15) is 4.31 Å². The number of carbonyl (C=O) groups excluding carboxylic acids is 2. The minimum atomic E-state index is -3.88. The fourth-order valence-corrected chi connectivity index (χ4v) is 6.86. The van der Waals surface area contributed by atoms with Gasteiger partial charge in [0.05, 0.1) is 24.1 Å². The summed E-state index contributed by atoms with van der Waals surface area (Å²) < 4.78 is 32.9. The highest BCUT2D eigenvalue weighted by molar-refractivity contribution is 7.89. The Morgan fingerprint density at radius 1 is 1.03 bits per heavy atom. The Bertz CT molecular complexity index is 1480. The molecular formula is C27H30ClN5O5S. The molecule has 2 saturated heterocycles. The van der Waals surface area contributed by atoms with Gasteiger partial charge in [0.15, 0.2) is 0 Å². The maximum atomic E-state index is 13.4. The largest absolute Gasteiger partial charge is 0.453 e. The standard InChI is InChI=1S/C27H30ClN5O5S/c1-38-26(35)30-27(8-12-31(13-9-27)23-6-10-29-11-7-23)19-32-14-15-33(18-25(32)34)39(36,37)24-5-3-20-16-22(28)4-2-21(20)17-24/h2-7,10-11,16-17H,8-9,12-15,18-19H2,1H3,(H,30,35). The van der Waals surface area contributed by atoms with Crippen LogP contribution in [0.4, 0.5) is 10.5 Å². The topological polar surface area (TPSA) is 112 Å². The van der Waals surface area contributed by atoms with Crippen molar-refractivity contribution in [2.45, 2.75) is 23.3 Å². The SMILES string of the molecule is COC(=O)NC1(CN2CCN(S(=O)(=O)c3ccc4cc(Cl)ccc4c3)CC2=O)CCN(c2ccncc2)CC1. The van der Waals surface area contributed by atoms with Gasteiger partial charge in [0, 0.05) is 55.8 Å². The number of piperazine rings is 1. The number of anilines is 1. The molecule has 0 bridgehead atoms. The lowest BCUT2D eigenvalue weighted by atomic mass is 9.86. The van der Waals surface area contributed by atoms with Gasteiger partial charge in [0.25, 0.3) is 0 Å². The third-order valence-corrected chi connectivity index (χ3v) is 9.57. The number of nitrogens with one attached hydrogen (secondary N) is 1. The summed E-state index contributed by atoms with van der Waals surface area (Å²) in [6.07, 6.45) is 4.11. The van der Waals surface area contributed by atoms with E-state index >= 15 is 0 Å². The predicted molar refractivity (Wildman–Crippen MR) is 148 cm³/mol. The fraction of sp³-hybridized carbons (Fsp3) is 0.370. The van der Waals surface area contributed by atoms with Crippen molar-refractivity contribution in [1.82, 2.24) is 19.5 Å². The molecule has 0 saturated carbocycles. The number of sulfonamides is 1. The Labute approximate surface area is 232 Å². The van der Waals surface area contributed by atoms with Crippen molar-refractivity contribution in [3.63, 3.8) is 0 Å². The maximum Gasteiger partial charge on any atom is 0.407 e. The molecule has 0 atom stereocenters. The molecule has 2 fully saturated rings. The van der Waals surface area contributed by atoms with Crippen molar-refractivity contribution in [1.29, 1.82) is 0 Å². The highest BCUT2D eigenvalue weighted by Gasteiger charge is 2.41. The van der Waals surface area contributed by atoms with Gasteiger partial charge in [-0.25, -0.2) is 13.2 Å². The van der Waals surface area contributed by atoms with Crippen LogP contribution in [0.2, 0.25) is 5.02 Å². The summed E-state index contributed by atoms with van der Waals surface area (Å²) in [7, 11) is -2.57. The number of rotatable bonds is 6. The summed E-state index contributed by atoms with van der Waals surface area (Å²) in [5.74, 6) is -0.306. The lowest BCUT2D eigenvalue weighted by Crippen LogP contribution is -2.63. The van der Waals surface area contributed by atoms with E-state index in [-0.39, 0.29) is 37.0 Å². The quantitative estimate of drug-likeness (QED) is 0.484. The van der Waals surface area contributed by atoms with E-state index in [1.807, 2.05) is 12.1 Å². The first-order valence-electron chi connectivity index (χ1n) is 12.7. The molecular weight excluding hydrogens is 542 g/mol. The van der Waals surface area contributed by atoms with Crippen LogP contribution in [0, 0.1) is 0 Å². The van der Waals surface area contributed by atoms with Crippen molar-refractivity contribution < 1.29 is 22.7 Å². The van der Waals surface area contributed by atoms with E-state index in [0.717, 1.165) is 16.5 Å². The Hall–Kier alpha value is -3.41. The van der Waals surface area contributed by atoms with E-state index in [9.17, 15) is 18.0 Å². The van der Waals surface area contributed by atoms with Crippen LogP contribution in [0.3, 0.4) is 0 Å². The second-order valence-electron chi connectivity index (χ2n) is 9.90. The summed E-state index contributed by atoms with van der Waals surface area (Å²) in [6.45, 7) is 1.73. The number of hydrogen-bond acceptors (Lipinski definition) is 7. The zero-order chi connectivity index (χ0) is 27.6. The molecule has 2 amide bonds. The van der Waals surface area contributed by atoms with Crippen LogP contribution in [0.25, 0.3) is 10.8 Å². The van der Waals surface area contributed by atoms with E-state index < -0.39 is 21.7 Å². The zero-order valence-electron chi connectivity index (χ0n) is 21.5. The van der Waals surface area contributed by atoms with Crippen LogP contribution in [0.1, 0.15) is 12.8 Å². The number of aromatic nitrogens is 1. The maximum absolute atomic E-state index is 13.4. The number of fused-ring (bicyclic) bond motifs is 1.